The number of nitrogens with zero attached hydrogens (tertiary/aromatic N) is 1. The molecule has 19 heavy (non-hydrogen) atoms. The lowest BCUT2D eigenvalue weighted by Gasteiger charge is -2.17. The van der Waals surface area contributed by atoms with Crippen LogP contribution in [0.5, 0.6) is 0 Å². The summed E-state index contributed by atoms with van der Waals surface area (Å²) in [4.78, 5) is 27.3. The van der Waals surface area contributed by atoms with Crippen molar-refractivity contribution >= 4 is 28.8 Å². The van der Waals surface area contributed by atoms with E-state index in [0.29, 0.717) is 23.4 Å². The number of aryl methyl sites for hydroxylation is 1. The monoisotopic (exact) mass is 273 g/mol. The van der Waals surface area contributed by atoms with Gasteiger partial charge in [0.25, 0.3) is 5.91 Å². The summed E-state index contributed by atoms with van der Waals surface area (Å²) in [5, 5.41) is 2.82. The number of amides is 2. The van der Waals surface area contributed by atoms with Gasteiger partial charge in [0.05, 0.1) is 11.2 Å². The van der Waals surface area contributed by atoms with Crippen LogP contribution in [-0.2, 0) is 11.2 Å². The third-order valence-electron chi connectivity index (χ3n) is 3.07. The van der Waals surface area contributed by atoms with Crippen LogP contribution in [0.25, 0.3) is 11.3 Å². The number of benzene rings is 1. The Bertz CT molecular complexity index is 678. The summed E-state index contributed by atoms with van der Waals surface area (Å²) in [5.41, 5.74) is 10.3. The third-order valence-corrected chi connectivity index (χ3v) is 3.91. The van der Waals surface area contributed by atoms with E-state index in [0.717, 1.165) is 16.8 Å². The van der Waals surface area contributed by atoms with Crippen molar-refractivity contribution in [2.24, 2.45) is 5.73 Å². The van der Waals surface area contributed by atoms with Gasteiger partial charge in [-0.05, 0) is 24.1 Å². The number of rotatable bonds is 2. The van der Waals surface area contributed by atoms with Gasteiger partial charge < -0.3 is 11.1 Å². The zero-order chi connectivity index (χ0) is 13.4. The predicted octanol–water partition coefficient (Wildman–Crippen LogP) is 1.79. The van der Waals surface area contributed by atoms with Gasteiger partial charge in [-0.15, -0.1) is 11.3 Å². The lowest BCUT2D eigenvalue weighted by molar-refractivity contribution is -0.116. The molecule has 1 aromatic carbocycles. The smallest absolute Gasteiger partial charge is 0.261 e. The SMILES string of the molecule is NC(=O)c1scnc1-c1ccc2c(c1)CCC(=O)N2. The largest absolute Gasteiger partial charge is 0.365 e. The zero-order valence-electron chi connectivity index (χ0n) is 9.97. The van der Waals surface area contributed by atoms with Crippen molar-refractivity contribution < 1.29 is 9.59 Å². The van der Waals surface area contributed by atoms with Crippen molar-refractivity contribution in [1.29, 1.82) is 0 Å². The minimum absolute atomic E-state index is 0.0340. The number of thiazole rings is 1. The molecule has 6 heteroatoms. The van der Waals surface area contributed by atoms with Crippen molar-refractivity contribution in [3.05, 3.63) is 34.2 Å². The molecule has 0 bridgehead atoms. The highest BCUT2D eigenvalue weighted by Crippen LogP contribution is 2.30. The van der Waals surface area contributed by atoms with E-state index in [-0.39, 0.29) is 5.91 Å². The van der Waals surface area contributed by atoms with Crippen LogP contribution < -0.4 is 11.1 Å². The molecule has 0 atom stereocenters. The van der Waals surface area contributed by atoms with Crippen LogP contribution in [-0.4, -0.2) is 16.8 Å². The molecule has 0 radical (unpaired) electrons. The summed E-state index contributed by atoms with van der Waals surface area (Å²) in [6.45, 7) is 0. The summed E-state index contributed by atoms with van der Waals surface area (Å²) < 4.78 is 0. The number of hydrogen-bond donors (Lipinski definition) is 2. The number of primary amides is 1. The fourth-order valence-electron chi connectivity index (χ4n) is 2.16. The van der Waals surface area contributed by atoms with Crippen LogP contribution >= 0.6 is 11.3 Å². The number of carbonyl (C=O) groups is 2. The maximum absolute atomic E-state index is 11.3. The predicted molar refractivity (Wildman–Crippen MR) is 73.0 cm³/mol. The van der Waals surface area contributed by atoms with Gasteiger partial charge in [-0.2, -0.15) is 0 Å². The lowest BCUT2D eigenvalue weighted by Crippen LogP contribution is -2.18. The van der Waals surface area contributed by atoms with E-state index < -0.39 is 5.91 Å². The van der Waals surface area contributed by atoms with Crippen LogP contribution in [0.2, 0.25) is 0 Å². The van der Waals surface area contributed by atoms with Crippen molar-refractivity contribution in [3.8, 4) is 11.3 Å². The molecule has 2 amide bonds. The fourth-order valence-corrected chi connectivity index (χ4v) is 2.82. The number of nitrogens with two attached hydrogens (primary N) is 1. The molecule has 1 aromatic heterocycles. The molecule has 1 aliphatic heterocycles. The molecule has 96 valence electrons. The minimum Gasteiger partial charge on any atom is -0.365 e. The van der Waals surface area contributed by atoms with Crippen molar-refractivity contribution in [2.45, 2.75) is 12.8 Å². The van der Waals surface area contributed by atoms with Crippen LogP contribution in [0, 0.1) is 0 Å². The zero-order valence-corrected chi connectivity index (χ0v) is 10.8. The third kappa shape index (κ3) is 2.10. The summed E-state index contributed by atoms with van der Waals surface area (Å²) in [6, 6.07) is 5.63. The van der Waals surface area contributed by atoms with Gasteiger partial charge in [0.1, 0.15) is 4.88 Å². The van der Waals surface area contributed by atoms with Gasteiger partial charge in [0.2, 0.25) is 5.91 Å². The van der Waals surface area contributed by atoms with Gasteiger partial charge in [0.15, 0.2) is 0 Å². The average molecular weight is 273 g/mol. The van der Waals surface area contributed by atoms with Crippen LogP contribution in [0.3, 0.4) is 0 Å². The van der Waals surface area contributed by atoms with E-state index in [1.807, 2.05) is 18.2 Å². The van der Waals surface area contributed by atoms with E-state index in [1.54, 1.807) is 5.51 Å². The number of nitrogens with one attached hydrogen (secondary N) is 1. The van der Waals surface area contributed by atoms with Crippen LogP contribution in [0.4, 0.5) is 5.69 Å². The van der Waals surface area contributed by atoms with Gasteiger partial charge in [-0.25, -0.2) is 4.98 Å². The molecule has 0 spiro atoms. The Labute approximate surface area is 113 Å². The van der Waals surface area contributed by atoms with E-state index in [2.05, 4.69) is 10.3 Å². The second-order valence-electron chi connectivity index (χ2n) is 4.31. The maximum Gasteiger partial charge on any atom is 0.261 e. The second-order valence-corrected chi connectivity index (χ2v) is 5.17. The minimum atomic E-state index is -0.469. The van der Waals surface area contributed by atoms with Gasteiger partial charge >= 0.3 is 0 Å². The summed E-state index contributed by atoms with van der Waals surface area (Å²) in [6.07, 6.45) is 1.18. The van der Waals surface area contributed by atoms with Crippen molar-refractivity contribution in [1.82, 2.24) is 4.98 Å². The number of fused-ring (bicyclic) bond motifs is 1. The maximum atomic E-state index is 11.3. The molecule has 0 fully saturated rings. The Morgan fingerprint density at radius 1 is 1.37 bits per heavy atom. The topological polar surface area (TPSA) is 85.1 Å². The Balaban J connectivity index is 2.05. The van der Waals surface area contributed by atoms with Crippen molar-refractivity contribution in [2.75, 3.05) is 5.32 Å². The highest BCUT2D eigenvalue weighted by Gasteiger charge is 2.18. The molecule has 0 saturated carbocycles. The number of hydrogen-bond acceptors (Lipinski definition) is 4. The molecule has 0 aliphatic carbocycles. The summed E-state index contributed by atoms with van der Waals surface area (Å²) in [5.74, 6) is -0.435. The number of carbonyl (C=O) groups excluding carboxylic acids is 2. The average Bonchev–Trinajstić information content (AvgIpc) is 2.87. The molecule has 0 saturated heterocycles. The van der Waals surface area contributed by atoms with E-state index >= 15 is 0 Å². The fraction of sp³-hybridized carbons (Fsp3) is 0.154. The van der Waals surface area contributed by atoms with E-state index in [9.17, 15) is 9.59 Å². The molecule has 0 unspecified atom stereocenters. The first-order chi connectivity index (χ1) is 9.15. The normalized spacial score (nSPS) is 13.8. The highest BCUT2D eigenvalue weighted by atomic mass is 32.1. The molecule has 3 N–H and O–H groups in total. The first-order valence-corrected chi connectivity index (χ1v) is 6.69. The summed E-state index contributed by atoms with van der Waals surface area (Å²) >= 11 is 1.23. The Morgan fingerprint density at radius 3 is 3.00 bits per heavy atom. The van der Waals surface area contributed by atoms with E-state index in [1.165, 1.54) is 11.3 Å². The first-order valence-electron chi connectivity index (χ1n) is 5.81. The molecule has 2 aromatic rings. The number of anilines is 1. The second kappa shape index (κ2) is 4.47. The Morgan fingerprint density at radius 2 is 2.21 bits per heavy atom. The molecular weight excluding hydrogens is 262 g/mol. The van der Waals surface area contributed by atoms with Crippen molar-refractivity contribution in [3.63, 3.8) is 0 Å². The number of aromatic nitrogens is 1. The molecule has 3 rings (SSSR count). The Hall–Kier alpha value is -2.21. The first kappa shape index (κ1) is 11.9. The van der Waals surface area contributed by atoms with Gasteiger partial charge in [0, 0.05) is 17.7 Å². The van der Waals surface area contributed by atoms with Gasteiger partial charge in [-0.1, -0.05) is 6.07 Å². The van der Waals surface area contributed by atoms with Crippen LogP contribution in [0.15, 0.2) is 23.7 Å². The molecule has 5 nitrogen and oxygen atoms in total. The highest BCUT2D eigenvalue weighted by molar-refractivity contribution is 7.12. The molecular formula is C13H11N3O2S. The van der Waals surface area contributed by atoms with Gasteiger partial charge in [-0.3, -0.25) is 9.59 Å². The summed E-state index contributed by atoms with van der Waals surface area (Å²) in [7, 11) is 0. The molecule has 1 aliphatic rings. The Kier molecular flexibility index (Phi) is 2.79. The molecule has 2 heterocycles. The quantitative estimate of drug-likeness (QED) is 0.874. The standard InChI is InChI=1S/C13H11N3O2S/c14-13(18)12-11(15-6-19-12)8-1-3-9-7(5-8)2-4-10(17)16-9/h1,3,5-6H,2,4H2,(H2,14,18)(H,16,17). The lowest BCUT2D eigenvalue weighted by atomic mass is 9.99. The van der Waals surface area contributed by atoms with Crippen LogP contribution in [0.1, 0.15) is 21.7 Å². The van der Waals surface area contributed by atoms with E-state index in [4.69, 9.17) is 5.73 Å².